The summed E-state index contributed by atoms with van der Waals surface area (Å²) in [5, 5.41) is 5.80. The van der Waals surface area contributed by atoms with E-state index in [9.17, 15) is 9.59 Å². The van der Waals surface area contributed by atoms with Gasteiger partial charge < -0.3 is 15.5 Å². The lowest BCUT2D eigenvalue weighted by molar-refractivity contribution is 0.102. The molecule has 2 saturated heterocycles. The van der Waals surface area contributed by atoms with Crippen LogP contribution in [0.25, 0.3) is 0 Å². The van der Waals surface area contributed by atoms with E-state index < -0.39 is 0 Å². The van der Waals surface area contributed by atoms with Crippen molar-refractivity contribution in [2.24, 2.45) is 0 Å². The van der Waals surface area contributed by atoms with Crippen molar-refractivity contribution in [3.8, 4) is 0 Å². The molecule has 26 heavy (non-hydrogen) atoms. The standard InChI is InChI=1S/C20H22N4O2/c25-19(15-7-9-16(10-8-15)24-14-11-21-20(24)26)22-17-5-1-2-6-18(17)23-12-3-4-13-23/h1-2,5-10H,3-4,11-14H2,(H,21,26)(H,22,25). The van der Waals surface area contributed by atoms with Gasteiger partial charge in [0.15, 0.2) is 0 Å². The number of hydrogen-bond donors (Lipinski definition) is 2. The quantitative estimate of drug-likeness (QED) is 0.891. The number of nitrogens with zero attached hydrogens (tertiary/aromatic N) is 2. The summed E-state index contributed by atoms with van der Waals surface area (Å²) in [6, 6.07) is 15.0. The minimum absolute atomic E-state index is 0.0956. The zero-order chi connectivity index (χ0) is 17.9. The van der Waals surface area contributed by atoms with Crippen LogP contribution >= 0.6 is 0 Å². The molecule has 3 amide bonds. The third-order valence-electron chi connectivity index (χ3n) is 4.90. The van der Waals surface area contributed by atoms with Gasteiger partial charge in [-0.15, -0.1) is 0 Å². The molecule has 0 spiro atoms. The van der Waals surface area contributed by atoms with Gasteiger partial charge in [0.2, 0.25) is 0 Å². The van der Waals surface area contributed by atoms with Gasteiger partial charge in [-0.25, -0.2) is 4.79 Å². The Morgan fingerprint density at radius 3 is 2.38 bits per heavy atom. The Balaban J connectivity index is 1.49. The summed E-state index contributed by atoms with van der Waals surface area (Å²) >= 11 is 0. The Morgan fingerprint density at radius 2 is 1.69 bits per heavy atom. The smallest absolute Gasteiger partial charge is 0.321 e. The molecule has 0 radical (unpaired) electrons. The maximum absolute atomic E-state index is 12.7. The number of urea groups is 1. The van der Waals surface area contributed by atoms with Crippen molar-refractivity contribution < 1.29 is 9.59 Å². The van der Waals surface area contributed by atoms with E-state index >= 15 is 0 Å². The summed E-state index contributed by atoms with van der Waals surface area (Å²) in [7, 11) is 0. The Hall–Kier alpha value is -3.02. The van der Waals surface area contributed by atoms with Gasteiger partial charge in [0.1, 0.15) is 0 Å². The highest BCUT2D eigenvalue weighted by Gasteiger charge is 2.21. The average molecular weight is 350 g/mol. The first-order valence-electron chi connectivity index (χ1n) is 9.03. The van der Waals surface area contributed by atoms with Gasteiger partial charge in [-0.1, -0.05) is 12.1 Å². The highest BCUT2D eigenvalue weighted by atomic mass is 16.2. The Kier molecular flexibility index (Phi) is 4.48. The van der Waals surface area contributed by atoms with E-state index in [4.69, 9.17) is 0 Å². The number of nitrogens with one attached hydrogen (secondary N) is 2. The lowest BCUT2D eigenvalue weighted by atomic mass is 10.1. The molecule has 2 fully saturated rings. The molecule has 2 aliphatic heterocycles. The van der Waals surface area contributed by atoms with Gasteiger partial charge in [0.05, 0.1) is 11.4 Å². The van der Waals surface area contributed by atoms with Crippen LogP contribution in [0, 0.1) is 0 Å². The first kappa shape index (κ1) is 16.4. The van der Waals surface area contributed by atoms with Crippen LogP contribution in [0.15, 0.2) is 48.5 Å². The van der Waals surface area contributed by atoms with Crippen molar-refractivity contribution in [2.45, 2.75) is 12.8 Å². The van der Waals surface area contributed by atoms with E-state index in [2.05, 4.69) is 21.6 Å². The molecule has 134 valence electrons. The van der Waals surface area contributed by atoms with Crippen molar-refractivity contribution in [3.63, 3.8) is 0 Å². The van der Waals surface area contributed by atoms with Gasteiger partial charge in [-0.05, 0) is 49.2 Å². The normalized spacial score (nSPS) is 16.7. The molecule has 2 aromatic carbocycles. The second kappa shape index (κ2) is 7.07. The zero-order valence-electron chi connectivity index (χ0n) is 14.6. The van der Waals surface area contributed by atoms with E-state index in [0.29, 0.717) is 18.7 Å². The number of para-hydroxylation sites is 2. The lowest BCUT2D eigenvalue weighted by Crippen LogP contribution is -2.27. The molecule has 0 atom stereocenters. The molecule has 6 nitrogen and oxygen atoms in total. The number of benzene rings is 2. The number of rotatable bonds is 4. The molecule has 0 bridgehead atoms. The van der Waals surface area contributed by atoms with Gasteiger partial charge in [0, 0.05) is 37.4 Å². The monoisotopic (exact) mass is 350 g/mol. The zero-order valence-corrected chi connectivity index (χ0v) is 14.6. The van der Waals surface area contributed by atoms with Crippen LogP contribution in [0.2, 0.25) is 0 Å². The van der Waals surface area contributed by atoms with Crippen LogP contribution in [0.1, 0.15) is 23.2 Å². The maximum atomic E-state index is 12.7. The topological polar surface area (TPSA) is 64.7 Å². The van der Waals surface area contributed by atoms with Crippen molar-refractivity contribution >= 4 is 29.0 Å². The molecular formula is C20H22N4O2. The van der Waals surface area contributed by atoms with Crippen molar-refractivity contribution in [1.82, 2.24) is 5.32 Å². The SMILES string of the molecule is O=C(Nc1ccccc1N1CCCC1)c1ccc(N2CCNC2=O)cc1. The summed E-state index contributed by atoms with van der Waals surface area (Å²) in [5.74, 6) is -0.144. The van der Waals surface area contributed by atoms with Crippen molar-refractivity contribution in [1.29, 1.82) is 0 Å². The molecular weight excluding hydrogens is 328 g/mol. The largest absolute Gasteiger partial charge is 0.370 e. The highest BCUT2D eigenvalue weighted by Crippen LogP contribution is 2.29. The van der Waals surface area contributed by atoms with Crippen molar-refractivity contribution in [2.75, 3.05) is 41.3 Å². The molecule has 2 heterocycles. The second-order valence-electron chi connectivity index (χ2n) is 6.60. The summed E-state index contributed by atoms with van der Waals surface area (Å²) < 4.78 is 0. The van der Waals surface area contributed by atoms with E-state index in [-0.39, 0.29) is 11.9 Å². The maximum Gasteiger partial charge on any atom is 0.321 e. The molecule has 2 aromatic rings. The minimum atomic E-state index is -0.144. The molecule has 2 N–H and O–H groups in total. The minimum Gasteiger partial charge on any atom is -0.370 e. The fraction of sp³-hybridized carbons (Fsp3) is 0.300. The van der Waals surface area contributed by atoms with Crippen LogP contribution in [0.5, 0.6) is 0 Å². The van der Waals surface area contributed by atoms with Crippen LogP contribution in [0.3, 0.4) is 0 Å². The summed E-state index contributed by atoms with van der Waals surface area (Å²) in [4.78, 5) is 28.4. The molecule has 0 aromatic heterocycles. The number of carbonyl (C=O) groups is 2. The third-order valence-corrected chi connectivity index (χ3v) is 4.90. The molecule has 6 heteroatoms. The molecule has 2 aliphatic rings. The number of hydrogen-bond acceptors (Lipinski definition) is 3. The van der Waals surface area contributed by atoms with E-state index in [1.807, 2.05) is 30.3 Å². The molecule has 4 rings (SSSR count). The summed E-state index contributed by atoms with van der Waals surface area (Å²) in [6.07, 6.45) is 2.38. The predicted octanol–water partition coefficient (Wildman–Crippen LogP) is 3.07. The van der Waals surface area contributed by atoms with Crippen LogP contribution < -0.4 is 20.4 Å². The predicted molar refractivity (Wildman–Crippen MR) is 103 cm³/mol. The Bertz CT molecular complexity index is 813. The first-order chi connectivity index (χ1) is 12.7. The van der Waals surface area contributed by atoms with Gasteiger partial charge in [-0.3, -0.25) is 9.69 Å². The third kappa shape index (κ3) is 3.22. The Morgan fingerprint density at radius 1 is 0.962 bits per heavy atom. The fourth-order valence-electron chi connectivity index (χ4n) is 3.52. The molecule has 0 aliphatic carbocycles. The second-order valence-corrected chi connectivity index (χ2v) is 6.60. The van der Waals surface area contributed by atoms with E-state index in [1.165, 1.54) is 12.8 Å². The number of anilines is 3. The van der Waals surface area contributed by atoms with E-state index in [1.54, 1.807) is 17.0 Å². The summed E-state index contributed by atoms with van der Waals surface area (Å²) in [6.45, 7) is 3.35. The van der Waals surface area contributed by atoms with Gasteiger partial charge in [0.25, 0.3) is 5.91 Å². The summed E-state index contributed by atoms with van der Waals surface area (Å²) in [5.41, 5.74) is 3.28. The van der Waals surface area contributed by atoms with Crippen LogP contribution in [-0.2, 0) is 0 Å². The van der Waals surface area contributed by atoms with Crippen LogP contribution in [0.4, 0.5) is 21.9 Å². The number of amides is 3. The molecule has 0 saturated carbocycles. The first-order valence-corrected chi connectivity index (χ1v) is 9.03. The fourth-order valence-corrected chi connectivity index (χ4v) is 3.52. The highest BCUT2D eigenvalue weighted by molar-refractivity contribution is 6.06. The van der Waals surface area contributed by atoms with Crippen LogP contribution in [-0.4, -0.2) is 38.1 Å². The van der Waals surface area contributed by atoms with Crippen molar-refractivity contribution in [3.05, 3.63) is 54.1 Å². The lowest BCUT2D eigenvalue weighted by Gasteiger charge is -2.21. The van der Waals surface area contributed by atoms with Gasteiger partial charge in [-0.2, -0.15) is 0 Å². The van der Waals surface area contributed by atoms with E-state index in [0.717, 1.165) is 30.2 Å². The van der Waals surface area contributed by atoms with Gasteiger partial charge >= 0.3 is 6.03 Å². The Labute approximate surface area is 152 Å². The molecule has 0 unspecified atom stereocenters. The number of carbonyl (C=O) groups excluding carboxylic acids is 2. The average Bonchev–Trinajstić information content (AvgIpc) is 3.34.